The topological polar surface area (TPSA) is 23.5 Å². The molecule has 76 valence electrons. The molecule has 0 spiro atoms. The van der Waals surface area contributed by atoms with E-state index in [0.717, 1.165) is 25.2 Å². The van der Waals surface area contributed by atoms with Gasteiger partial charge in [0.2, 0.25) is 0 Å². The Morgan fingerprint density at radius 1 is 1.20 bits per heavy atom. The van der Waals surface area contributed by atoms with Gasteiger partial charge in [-0.1, -0.05) is 24.3 Å². The zero-order chi connectivity index (χ0) is 10.3. The van der Waals surface area contributed by atoms with E-state index in [2.05, 4.69) is 29.2 Å². The van der Waals surface area contributed by atoms with Crippen LogP contribution >= 0.6 is 0 Å². The number of aliphatic hydroxyl groups is 1. The number of fused-ring (bicyclic) bond motifs is 3. The minimum atomic E-state index is 0.387. The second-order valence-corrected chi connectivity index (χ2v) is 4.01. The molecule has 0 radical (unpaired) electrons. The maximum Gasteiger partial charge on any atom is 0.115 e. The fourth-order valence-electron chi connectivity index (χ4n) is 2.30. The van der Waals surface area contributed by atoms with Crippen molar-refractivity contribution in [3.05, 3.63) is 53.3 Å². The molecular weight excluding hydrogens is 186 g/mol. The van der Waals surface area contributed by atoms with Crippen LogP contribution in [0.5, 0.6) is 0 Å². The minimum absolute atomic E-state index is 0.387. The second-order valence-electron chi connectivity index (χ2n) is 4.01. The summed E-state index contributed by atoms with van der Waals surface area (Å²) in [6.45, 7) is 1.87. The number of hydrogen-bond donors (Lipinski definition) is 1. The smallest absolute Gasteiger partial charge is 0.115 e. The third kappa shape index (κ3) is 1.33. The zero-order valence-electron chi connectivity index (χ0n) is 8.48. The summed E-state index contributed by atoms with van der Waals surface area (Å²) >= 11 is 0. The van der Waals surface area contributed by atoms with E-state index in [1.165, 1.54) is 11.1 Å². The summed E-state index contributed by atoms with van der Waals surface area (Å²) in [4.78, 5) is 2.31. The molecule has 1 aromatic carbocycles. The molecule has 3 rings (SSSR count). The highest BCUT2D eigenvalue weighted by Crippen LogP contribution is 2.31. The van der Waals surface area contributed by atoms with Gasteiger partial charge in [0.1, 0.15) is 5.76 Å². The zero-order valence-corrected chi connectivity index (χ0v) is 8.48. The van der Waals surface area contributed by atoms with Crippen LogP contribution in [-0.2, 0) is 6.42 Å². The van der Waals surface area contributed by atoms with E-state index < -0.39 is 0 Å². The Morgan fingerprint density at radius 2 is 2.07 bits per heavy atom. The SMILES string of the molecule is OC1=CCN2CCc3ccccc3C2=C1. The van der Waals surface area contributed by atoms with Crippen LogP contribution in [0.4, 0.5) is 0 Å². The summed E-state index contributed by atoms with van der Waals surface area (Å²) in [6, 6.07) is 8.43. The quantitative estimate of drug-likeness (QED) is 0.693. The van der Waals surface area contributed by atoms with Gasteiger partial charge in [-0.05, 0) is 18.1 Å². The van der Waals surface area contributed by atoms with Crippen molar-refractivity contribution in [2.45, 2.75) is 6.42 Å². The van der Waals surface area contributed by atoms with Crippen LogP contribution < -0.4 is 0 Å². The number of benzene rings is 1. The van der Waals surface area contributed by atoms with Crippen LogP contribution in [-0.4, -0.2) is 23.1 Å². The number of allylic oxidation sites excluding steroid dienone is 1. The van der Waals surface area contributed by atoms with Crippen molar-refractivity contribution in [3.63, 3.8) is 0 Å². The van der Waals surface area contributed by atoms with Crippen LogP contribution in [0.15, 0.2) is 42.2 Å². The molecule has 2 heterocycles. The van der Waals surface area contributed by atoms with E-state index >= 15 is 0 Å². The summed E-state index contributed by atoms with van der Waals surface area (Å²) in [7, 11) is 0. The lowest BCUT2D eigenvalue weighted by Gasteiger charge is -2.34. The highest BCUT2D eigenvalue weighted by molar-refractivity contribution is 5.71. The molecule has 2 heteroatoms. The van der Waals surface area contributed by atoms with Gasteiger partial charge >= 0.3 is 0 Å². The van der Waals surface area contributed by atoms with E-state index in [9.17, 15) is 5.11 Å². The number of rotatable bonds is 0. The van der Waals surface area contributed by atoms with Gasteiger partial charge in [0.05, 0.1) is 0 Å². The molecular formula is C13H13NO. The van der Waals surface area contributed by atoms with Crippen molar-refractivity contribution in [1.82, 2.24) is 4.90 Å². The fraction of sp³-hybridized carbons (Fsp3) is 0.231. The molecule has 0 aromatic heterocycles. The van der Waals surface area contributed by atoms with E-state index in [4.69, 9.17) is 0 Å². The first-order valence-corrected chi connectivity index (χ1v) is 5.28. The van der Waals surface area contributed by atoms with Gasteiger partial charge in [-0.15, -0.1) is 0 Å². The van der Waals surface area contributed by atoms with Crippen LogP contribution in [0.3, 0.4) is 0 Å². The molecule has 15 heavy (non-hydrogen) atoms. The van der Waals surface area contributed by atoms with Crippen LogP contribution in [0, 0.1) is 0 Å². The first-order valence-electron chi connectivity index (χ1n) is 5.28. The second kappa shape index (κ2) is 3.16. The summed E-state index contributed by atoms with van der Waals surface area (Å²) < 4.78 is 0. The van der Waals surface area contributed by atoms with Gasteiger partial charge in [0.25, 0.3) is 0 Å². The van der Waals surface area contributed by atoms with Crippen molar-refractivity contribution in [3.8, 4) is 0 Å². The fourth-order valence-corrected chi connectivity index (χ4v) is 2.30. The van der Waals surface area contributed by atoms with Crippen molar-refractivity contribution < 1.29 is 5.11 Å². The molecule has 0 unspecified atom stereocenters. The average molecular weight is 199 g/mol. The Bertz CT molecular complexity index is 459. The first-order chi connectivity index (χ1) is 7.34. The van der Waals surface area contributed by atoms with E-state index in [1.807, 2.05) is 12.2 Å². The minimum Gasteiger partial charge on any atom is -0.508 e. The Balaban J connectivity index is 2.14. The van der Waals surface area contributed by atoms with Gasteiger partial charge in [0, 0.05) is 30.4 Å². The Kier molecular flexibility index (Phi) is 1.81. The molecule has 0 aliphatic carbocycles. The van der Waals surface area contributed by atoms with Crippen molar-refractivity contribution >= 4 is 5.70 Å². The molecule has 0 amide bonds. The van der Waals surface area contributed by atoms with Crippen molar-refractivity contribution in [1.29, 1.82) is 0 Å². The summed E-state index contributed by atoms with van der Waals surface area (Å²) in [5, 5.41) is 9.53. The van der Waals surface area contributed by atoms with Crippen molar-refractivity contribution in [2.75, 3.05) is 13.1 Å². The highest BCUT2D eigenvalue weighted by Gasteiger charge is 2.22. The van der Waals surface area contributed by atoms with Gasteiger partial charge in [-0.2, -0.15) is 0 Å². The van der Waals surface area contributed by atoms with Gasteiger partial charge < -0.3 is 10.0 Å². The normalized spacial score (nSPS) is 18.8. The molecule has 2 aliphatic heterocycles. The average Bonchev–Trinajstić information content (AvgIpc) is 2.29. The number of hydrogen-bond acceptors (Lipinski definition) is 2. The number of aliphatic hydroxyl groups excluding tert-OH is 1. The molecule has 1 aromatic rings. The third-order valence-corrected chi connectivity index (χ3v) is 3.09. The van der Waals surface area contributed by atoms with E-state index in [0.29, 0.717) is 5.76 Å². The third-order valence-electron chi connectivity index (χ3n) is 3.09. The summed E-state index contributed by atoms with van der Waals surface area (Å²) in [5.74, 6) is 0.387. The molecule has 0 atom stereocenters. The first kappa shape index (κ1) is 8.60. The predicted octanol–water partition coefficient (Wildman–Crippen LogP) is 2.34. The highest BCUT2D eigenvalue weighted by atomic mass is 16.3. The van der Waals surface area contributed by atoms with Gasteiger partial charge in [-0.3, -0.25) is 0 Å². The lowest BCUT2D eigenvalue weighted by Crippen LogP contribution is -2.31. The Labute approximate surface area is 89.1 Å². The largest absolute Gasteiger partial charge is 0.508 e. The van der Waals surface area contributed by atoms with Crippen molar-refractivity contribution in [2.24, 2.45) is 0 Å². The summed E-state index contributed by atoms with van der Waals surface area (Å²) in [5.41, 5.74) is 3.81. The van der Waals surface area contributed by atoms with Crippen LogP contribution in [0.1, 0.15) is 11.1 Å². The summed E-state index contributed by atoms with van der Waals surface area (Å²) in [6.07, 6.45) is 4.82. The van der Waals surface area contributed by atoms with E-state index in [-0.39, 0.29) is 0 Å². The molecule has 0 saturated carbocycles. The van der Waals surface area contributed by atoms with Gasteiger partial charge in [0.15, 0.2) is 0 Å². The van der Waals surface area contributed by atoms with E-state index in [1.54, 1.807) is 0 Å². The standard InChI is InChI=1S/C13H13NO/c15-11-6-8-14-7-5-10-3-1-2-4-12(10)13(14)9-11/h1-4,6,9,15H,5,7-8H2. The molecule has 0 fully saturated rings. The molecule has 0 saturated heterocycles. The monoisotopic (exact) mass is 199 g/mol. The Hall–Kier alpha value is -1.70. The number of nitrogens with zero attached hydrogens (tertiary/aromatic N) is 1. The predicted molar refractivity (Wildman–Crippen MR) is 60.4 cm³/mol. The maximum absolute atomic E-state index is 9.53. The lowest BCUT2D eigenvalue weighted by molar-refractivity contribution is 0.384. The molecule has 0 bridgehead atoms. The lowest BCUT2D eigenvalue weighted by atomic mass is 9.95. The molecule has 1 N–H and O–H groups in total. The molecule has 2 nitrogen and oxygen atoms in total. The maximum atomic E-state index is 9.53. The van der Waals surface area contributed by atoms with Crippen LogP contribution in [0.25, 0.3) is 5.70 Å². The Morgan fingerprint density at radius 3 is 3.00 bits per heavy atom. The van der Waals surface area contributed by atoms with Crippen LogP contribution in [0.2, 0.25) is 0 Å². The van der Waals surface area contributed by atoms with Gasteiger partial charge in [-0.25, -0.2) is 0 Å². The molecule has 2 aliphatic rings.